The summed E-state index contributed by atoms with van der Waals surface area (Å²) in [6.45, 7) is 1.45. The third kappa shape index (κ3) is 2.03. The first-order chi connectivity index (χ1) is 8.78. The van der Waals surface area contributed by atoms with Crippen molar-refractivity contribution in [2.24, 2.45) is 0 Å². The Bertz CT molecular complexity index is 427. The van der Waals surface area contributed by atoms with E-state index in [4.69, 9.17) is 4.74 Å². The minimum Gasteiger partial charge on any atom is -0.383 e. The topological polar surface area (TPSA) is 47.4 Å². The number of Topliss-reactive ketones (excluding diaryl/α,β-unsaturated/α-hetero) is 1. The molecule has 5 nitrogen and oxygen atoms in total. The van der Waals surface area contributed by atoms with Gasteiger partial charge >= 0.3 is 0 Å². The van der Waals surface area contributed by atoms with Crippen LogP contribution in [0.4, 0.5) is 5.69 Å². The smallest absolute Gasteiger partial charge is 0.137 e. The molecule has 3 rings (SSSR count). The van der Waals surface area contributed by atoms with E-state index < -0.39 is 0 Å². The predicted octanol–water partition coefficient (Wildman–Crippen LogP) is 1.23. The van der Waals surface area contributed by atoms with Gasteiger partial charge in [0.2, 0.25) is 0 Å². The second-order valence-corrected chi connectivity index (χ2v) is 5.19. The van der Waals surface area contributed by atoms with Crippen molar-refractivity contribution < 1.29 is 9.53 Å². The van der Waals surface area contributed by atoms with Gasteiger partial charge in [0.05, 0.1) is 25.0 Å². The summed E-state index contributed by atoms with van der Waals surface area (Å²) in [6, 6.07) is 0.799. The molecule has 2 fully saturated rings. The first-order valence-electron chi connectivity index (χ1n) is 6.59. The minimum atomic E-state index is 0.399. The molecular formula is C13H19N3O2. The van der Waals surface area contributed by atoms with Gasteiger partial charge in [-0.25, -0.2) is 0 Å². The first-order valence-corrected chi connectivity index (χ1v) is 6.59. The lowest BCUT2D eigenvalue weighted by molar-refractivity contribution is -0.120. The number of piperidine rings is 1. The minimum absolute atomic E-state index is 0.399. The fourth-order valence-corrected chi connectivity index (χ4v) is 3.19. The van der Waals surface area contributed by atoms with Crippen molar-refractivity contribution in [1.29, 1.82) is 0 Å². The van der Waals surface area contributed by atoms with Gasteiger partial charge in [0.15, 0.2) is 0 Å². The number of rotatable bonds is 4. The molecule has 1 aromatic heterocycles. The van der Waals surface area contributed by atoms with E-state index in [1.165, 1.54) is 0 Å². The highest BCUT2D eigenvalue weighted by Gasteiger charge is 2.40. The van der Waals surface area contributed by atoms with E-state index >= 15 is 0 Å². The Labute approximate surface area is 107 Å². The van der Waals surface area contributed by atoms with Gasteiger partial charge < -0.3 is 9.64 Å². The van der Waals surface area contributed by atoms with Crippen molar-refractivity contribution in [2.45, 2.75) is 44.3 Å². The SMILES string of the molecule is COCCn1cc(N2C3CCC2CC(=O)C3)cn1. The summed E-state index contributed by atoms with van der Waals surface area (Å²) < 4.78 is 6.96. The van der Waals surface area contributed by atoms with Crippen molar-refractivity contribution in [2.75, 3.05) is 18.6 Å². The first kappa shape index (κ1) is 11.7. The lowest BCUT2D eigenvalue weighted by Crippen LogP contribution is -2.43. The largest absolute Gasteiger partial charge is 0.383 e. The summed E-state index contributed by atoms with van der Waals surface area (Å²) in [7, 11) is 1.70. The second kappa shape index (κ2) is 4.72. The molecule has 2 unspecified atom stereocenters. The van der Waals surface area contributed by atoms with E-state index in [1.807, 2.05) is 10.9 Å². The van der Waals surface area contributed by atoms with Crippen LogP contribution in [0.15, 0.2) is 12.4 Å². The monoisotopic (exact) mass is 249 g/mol. The normalized spacial score (nSPS) is 26.9. The maximum atomic E-state index is 11.6. The van der Waals surface area contributed by atoms with Crippen LogP contribution in [0.5, 0.6) is 0 Å². The summed E-state index contributed by atoms with van der Waals surface area (Å²) in [5.41, 5.74) is 1.16. The summed E-state index contributed by atoms with van der Waals surface area (Å²) in [4.78, 5) is 14.0. The Balaban J connectivity index is 1.75. The van der Waals surface area contributed by atoms with Crippen LogP contribution in [0.25, 0.3) is 0 Å². The number of aromatic nitrogens is 2. The third-order valence-corrected chi connectivity index (χ3v) is 3.99. The van der Waals surface area contributed by atoms with Crippen molar-refractivity contribution in [1.82, 2.24) is 9.78 Å². The Morgan fingerprint density at radius 3 is 2.78 bits per heavy atom. The summed E-state index contributed by atoms with van der Waals surface area (Å²) >= 11 is 0. The molecule has 2 atom stereocenters. The van der Waals surface area contributed by atoms with E-state index in [0.717, 1.165) is 25.1 Å². The van der Waals surface area contributed by atoms with Crippen molar-refractivity contribution in [3.8, 4) is 0 Å². The molecule has 0 saturated carbocycles. The van der Waals surface area contributed by atoms with E-state index in [9.17, 15) is 4.79 Å². The Kier molecular flexibility index (Phi) is 3.07. The molecule has 0 amide bonds. The zero-order chi connectivity index (χ0) is 12.5. The number of ketones is 1. The van der Waals surface area contributed by atoms with Gasteiger partial charge in [-0.05, 0) is 12.8 Å². The lowest BCUT2D eigenvalue weighted by atomic mass is 10.0. The molecule has 18 heavy (non-hydrogen) atoms. The maximum absolute atomic E-state index is 11.6. The van der Waals surface area contributed by atoms with Crippen LogP contribution in [0.2, 0.25) is 0 Å². The van der Waals surface area contributed by atoms with Gasteiger partial charge in [-0.3, -0.25) is 9.48 Å². The average Bonchev–Trinajstić information content (AvgIpc) is 2.90. The molecule has 2 aliphatic rings. The fourth-order valence-electron chi connectivity index (χ4n) is 3.19. The number of carbonyl (C=O) groups excluding carboxylic acids is 1. The highest BCUT2D eigenvalue weighted by Crippen LogP contribution is 2.37. The van der Waals surface area contributed by atoms with Gasteiger partial charge in [-0.2, -0.15) is 5.10 Å². The molecule has 5 heteroatoms. The number of fused-ring (bicyclic) bond motifs is 2. The molecular weight excluding hydrogens is 230 g/mol. The zero-order valence-corrected chi connectivity index (χ0v) is 10.7. The number of ether oxygens (including phenoxy) is 1. The zero-order valence-electron chi connectivity index (χ0n) is 10.7. The number of methoxy groups -OCH3 is 1. The van der Waals surface area contributed by atoms with Gasteiger partial charge in [0.1, 0.15) is 5.78 Å². The Morgan fingerprint density at radius 1 is 1.39 bits per heavy atom. The number of hydrogen-bond donors (Lipinski definition) is 0. The van der Waals surface area contributed by atoms with Crippen LogP contribution in [0.3, 0.4) is 0 Å². The van der Waals surface area contributed by atoms with Crippen molar-refractivity contribution in [3.63, 3.8) is 0 Å². The molecule has 0 radical (unpaired) electrons. The molecule has 98 valence electrons. The van der Waals surface area contributed by atoms with Crippen LogP contribution >= 0.6 is 0 Å². The van der Waals surface area contributed by atoms with Crippen LogP contribution in [0.1, 0.15) is 25.7 Å². The van der Waals surface area contributed by atoms with E-state index in [1.54, 1.807) is 7.11 Å². The molecule has 2 bridgehead atoms. The standard InChI is InChI=1S/C13H19N3O2/c1-18-5-4-15-9-12(8-14-15)16-10-2-3-11(16)7-13(17)6-10/h8-11H,2-7H2,1H3. The molecule has 0 spiro atoms. The number of hydrogen-bond acceptors (Lipinski definition) is 4. The van der Waals surface area contributed by atoms with Gasteiger partial charge in [-0.15, -0.1) is 0 Å². The molecule has 2 aliphatic heterocycles. The molecule has 0 aromatic carbocycles. The van der Waals surface area contributed by atoms with Crippen LogP contribution in [-0.4, -0.2) is 41.4 Å². The van der Waals surface area contributed by atoms with Gasteiger partial charge in [-0.1, -0.05) is 0 Å². The Morgan fingerprint density at radius 2 is 2.11 bits per heavy atom. The highest BCUT2D eigenvalue weighted by atomic mass is 16.5. The second-order valence-electron chi connectivity index (χ2n) is 5.19. The predicted molar refractivity (Wildman–Crippen MR) is 67.6 cm³/mol. The fraction of sp³-hybridized carbons (Fsp3) is 0.692. The number of anilines is 1. The average molecular weight is 249 g/mol. The van der Waals surface area contributed by atoms with Crippen LogP contribution in [-0.2, 0) is 16.1 Å². The molecule has 1 aromatic rings. The Hall–Kier alpha value is -1.36. The number of carbonyl (C=O) groups is 1. The molecule has 2 saturated heterocycles. The van der Waals surface area contributed by atoms with Crippen LogP contribution in [0, 0.1) is 0 Å². The quantitative estimate of drug-likeness (QED) is 0.805. The number of nitrogens with zero attached hydrogens (tertiary/aromatic N) is 3. The van der Waals surface area contributed by atoms with Crippen molar-refractivity contribution >= 4 is 11.5 Å². The van der Waals surface area contributed by atoms with Gasteiger partial charge in [0.25, 0.3) is 0 Å². The third-order valence-electron chi connectivity index (χ3n) is 3.99. The van der Waals surface area contributed by atoms with Crippen LogP contribution < -0.4 is 4.90 Å². The lowest BCUT2D eigenvalue weighted by Gasteiger charge is -2.34. The summed E-state index contributed by atoms with van der Waals surface area (Å²) in [5, 5.41) is 4.35. The van der Waals surface area contributed by atoms with Gasteiger partial charge in [0, 0.05) is 38.2 Å². The molecule has 0 aliphatic carbocycles. The molecule has 3 heterocycles. The summed E-state index contributed by atoms with van der Waals surface area (Å²) in [5.74, 6) is 0.422. The van der Waals surface area contributed by atoms with E-state index in [2.05, 4.69) is 16.2 Å². The molecule has 0 N–H and O–H groups in total. The maximum Gasteiger partial charge on any atom is 0.137 e. The summed E-state index contributed by atoms with van der Waals surface area (Å²) in [6.07, 6.45) is 7.68. The highest BCUT2D eigenvalue weighted by molar-refractivity contribution is 5.83. The van der Waals surface area contributed by atoms with Crippen molar-refractivity contribution in [3.05, 3.63) is 12.4 Å². The van der Waals surface area contributed by atoms with E-state index in [-0.39, 0.29) is 0 Å². The van der Waals surface area contributed by atoms with E-state index in [0.29, 0.717) is 37.3 Å².